The lowest BCUT2D eigenvalue weighted by atomic mass is 9.86. The van der Waals surface area contributed by atoms with Gasteiger partial charge in [-0.15, -0.1) is 10.2 Å². The molecule has 0 bridgehead atoms. The van der Waals surface area contributed by atoms with Crippen molar-refractivity contribution in [1.29, 1.82) is 5.26 Å². The van der Waals surface area contributed by atoms with Gasteiger partial charge in [0.05, 0.1) is 78.0 Å². The summed E-state index contributed by atoms with van der Waals surface area (Å²) in [7, 11) is 1.85. The molecule has 6 heterocycles. The van der Waals surface area contributed by atoms with Crippen molar-refractivity contribution in [3.05, 3.63) is 88.9 Å². The number of rotatable bonds is 18. The largest absolute Gasteiger partial charge is 0.499 e. The molecule has 1 atom stereocenters. The average molecular weight is 888 g/mol. The van der Waals surface area contributed by atoms with Crippen LogP contribution in [-0.4, -0.2) is 118 Å². The molecule has 0 spiro atoms. The van der Waals surface area contributed by atoms with Gasteiger partial charge in [0.2, 0.25) is 17.7 Å². The van der Waals surface area contributed by atoms with Gasteiger partial charge >= 0.3 is 0 Å². The van der Waals surface area contributed by atoms with Crippen molar-refractivity contribution in [2.24, 2.45) is 0 Å². The summed E-state index contributed by atoms with van der Waals surface area (Å²) in [5.74, 6) is -2.20. The van der Waals surface area contributed by atoms with Gasteiger partial charge in [0.15, 0.2) is 5.01 Å². The molecule has 8 rings (SSSR count). The highest BCUT2D eigenvalue weighted by Crippen LogP contribution is 2.39. The van der Waals surface area contributed by atoms with Crippen molar-refractivity contribution < 1.29 is 38.2 Å². The predicted molar refractivity (Wildman–Crippen MR) is 233 cm³/mol. The van der Waals surface area contributed by atoms with Crippen LogP contribution in [0.25, 0.3) is 27.5 Å². The number of ether oxygens (including phenoxy) is 3. The molecule has 5 aromatic rings. The molecule has 4 aromatic heterocycles. The van der Waals surface area contributed by atoms with Crippen LogP contribution >= 0.6 is 11.3 Å². The first-order valence-corrected chi connectivity index (χ1v) is 21.8. The number of amides is 5. The monoisotopic (exact) mass is 887 g/mol. The maximum Gasteiger partial charge on any atom is 0.264 e. The molecule has 0 radical (unpaired) electrons. The van der Waals surface area contributed by atoms with Gasteiger partial charge in [-0.1, -0.05) is 17.4 Å². The molecule has 5 amide bonds. The van der Waals surface area contributed by atoms with E-state index in [0.29, 0.717) is 44.2 Å². The topological polar surface area (TPSA) is 244 Å². The molecule has 330 valence electrons. The number of carbonyl (C=O) groups excluding carboxylic acids is 5. The van der Waals surface area contributed by atoms with Gasteiger partial charge in [0, 0.05) is 55.6 Å². The van der Waals surface area contributed by atoms with E-state index < -0.39 is 29.7 Å². The summed E-state index contributed by atoms with van der Waals surface area (Å²) in [6, 6.07) is 13.6. The van der Waals surface area contributed by atoms with Crippen LogP contribution in [0.15, 0.2) is 67.2 Å². The average Bonchev–Trinajstić information content (AvgIpc) is 4.03. The molecule has 64 heavy (non-hydrogen) atoms. The van der Waals surface area contributed by atoms with Crippen LogP contribution in [-0.2, 0) is 28.6 Å². The van der Waals surface area contributed by atoms with Crippen LogP contribution < -0.4 is 21.3 Å². The van der Waals surface area contributed by atoms with Crippen LogP contribution in [0, 0.1) is 11.3 Å². The molecule has 20 heteroatoms. The highest BCUT2D eigenvalue weighted by atomic mass is 32.1. The normalized spacial score (nSPS) is 18.6. The zero-order valence-electron chi connectivity index (χ0n) is 34.9. The van der Waals surface area contributed by atoms with Crippen molar-refractivity contribution in [2.75, 3.05) is 57.3 Å². The number of carbonyl (C=O) groups is 5. The van der Waals surface area contributed by atoms with Crippen LogP contribution in [0.4, 0.5) is 11.4 Å². The number of anilines is 2. The molecule has 1 unspecified atom stereocenters. The molecular weight excluding hydrogens is 843 g/mol. The number of fused-ring (bicyclic) bond motifs is 2. The molecule has 1 saturated carbocycles. The Kier molecular flexibility index (Phi) is 13.6. The maximum absolute atomic E-state index is 13.2. The molecule has 19 nitrogen and oxygen atoms in total. The summed E-state index contributed by atoms with van der Waals surface area (Å²) in [5.41, 5.74) is 5.40. The van der Waals surface area contributed by atoms with Crippen molar-refractivity contribution in [3.8, 4) is 28.0 Å². The summed E-state index contributed by atoms with van der Waals surface area (Å²) in [5, 5.41) is 36.1. The Labute approximate surface area is 371 Å². The highest BCUT2D eigenvalue weighted by molar-refractivity contribution is 7.14. The minimum absolute atomic E-state index is 0.0497. The van der Waals surface area contributed by atoms with E-state index in [0.717, 1.165) is 68.8 Å². The molecule has 4 N–H and O–H groups in total. The summed E-state index contributed by atoms with van der Waals surface area (Å²) in [6.07, 6.45) is 9.59. The zero-order chi connectivity index (χ0) is 44.6. The number of benzene rings is 1. The fourth-order valence-electron chi connectivity index (χ4n) is 8.00. The summed E-state index contributed by atoms with van der Waals surface area (Å²) >= 11 is 1.56. The molecular formula is C44H45N11O8S. The third-order valence-electron chi connectivity index (χ3n) is 11.2. The summed E-state index contributed by atoms with van der Waals surface area (Å²) in [4.78, 5) is 68.4. The fraction of sp³-hybridized carbons (Fsp3) is 0.364. The molecule has 1 aliphatic carbocycles. The Morgan fingerprint density at radius 3 is 2.55 bits per heavy atom. The van der Waals surface area contributed by atoms with Crippen LogP contribution in [0.2, 0.25) is 0 Å². The lowest BCUT2D eigenvalue weighted by Gasteiger charge is -2.27. The number of pyridine rings is 1. The molecule has 3 aliphatic rings. The third-order valence-corrected chi connectivity index (χ3v) is 12.3. The Balaban J connectivity index is 0.690. The van der Waals surface area contributed by atoms with Crippen molar-refractivity contribution in [1.82, 2.24) is 40.3 Å². The van der Waals surface area contributed by atoms with Crippen molar-refractivity contribution in [3.63, 3.8) is 0 Å². The number of nitriles is 1. The number of nitrogens with zero attached hydrogens (tertiary/aromatic N) is 7. The Bertz CT molecular complexity index is 2650. The SMILES string of the molecule is CNc1cc(-c2ccc3cc(C#N)cnn23)ncc1-c1nnc(C2CCC(NC(=O)/C=C/OCCOCCOCCNc3cccc4c3C(=O)N(C3CCC(=O)NC3=O)C4=O)CC2)s1. The minimum Gasteiger partial charge on any atom is -0.499 e. The highest BCUT2D eigenvalue weighted by Gasteiger charge is 2.45. The standard InChI is InChI=1S/C44H45N11O8S/c1-46-33-22-34(35-10-9-29-21-26(23-45)24-49-55(29)35)48-25-31(33)42-53-52-41(64-42)27-5-7-28(8-6-27)50-38(57)13-15-61-17-19-63-20-18-62-16-14-47-32-4-2-3-30-39(32)44(60)54(43(30)59)36-11-12-37(56)51-40(36)58/h2-4,9-10,13,15,21-22,24-25,27-28,36,47H,5-8,11-12,14,16-20H2,1H3,(H,46,48)(H,50,57)(H,51,56,58)/b15-13+. The zero-order valence-corrected chi connectivity index (χ0v) is 35.7. The second-order valence-electron chi connectivity index (χ2n) is 15.3. The van der Waals surface area contributed by atoms with Gasteiger partial charge in [-0.2, -0.15) is 10.4 Å². The third kappa shape index (κ3) is 9.61. The molecule has 2 fully saturated rings. The first-order chi connectivity index (χ1) is 31.2. The number of piperidine rings is 1. The Morgan fingerprint density at radius 1 is 0.938 bits per heavy atom. The lowest BCUT2D eigenvalue weighted by molar-refractivity contribution is -0.136. The smallest absolute Gasteiger partial charge is 0.264 e. The lowest BCUT2D eigenvalue weighted by Crippen LogP contribution is -2.54. The van der Waals surface area contributed by atoms with E-state index >= 15 is 0 Å². The van der Waals surface area contributed by atoms with Gasteiger partial charge in [-0.25, -0.2) is 4.52 Å². The van der Waals surface area contributed by atoms with E-state index in [1.807, 2.05) is 25.2 Å². The first-order valence-electron chi connectivity index (χ1n) is 20.9. The van der Waals surface area contributed by atoms with Gasteiger partial charge < -0.3 is 30.2 Å². The summed E-state index contributed by atoms with van der Waals surface area (Å²) in [6.45, 7) is 1.85. The summed E-state index contributed by atoms with van der Waals surface area (Å²) < 4.78 is 18.4. The number of hydrogen-bond donors (Lipinski definition) is 4. The van der Waals surface area contributed by atoms with Gasteiger partial charge in [-0.05, 0) is 68.5 Å². The van der Waals surface area contributed by atoms with E-state index in [-0.39, 0.29) is 48.4 Å². The first kappa shape index (κ1) is 43.6. The van der Waals surface area contributed by atoms with Gasteiger partial charge in [0.25, 0.3) is 11.8 Å². The van der Waals surface area contributed by atoms with E-state index in [2.05, 4.69) is 42.6 Å². The fourth-order valence-corrected chi connectivity index (χ4v) is 9.03. The maximum atomic E-state index is 13.2. The van der Waals surface area contributed by atoms with E-state index in [9.17, 15) is 29.2 Å². The van der Waals surface area contributed by atoms with Crippen molar-refractivity contribution >= 4 is 57.8 Å². The number of nitrogens with one attached hydrogen (secondary N) is 4. The number of hydrogen-bond acceptors (Lipinski definition) is 16. The Morgan fingerprint density at radius 2 is 1.75 bits per heavy atom. The van der Waals surface area contributed by atoms with Crippen LogP contribution in [0.3, 0.4) is 0 Å². The second kappa shape index (κ2) is 20.0. The van der Waals surface area contributed by atoms with Gasteiger partial charge in [-0.3, -0.25) is 39.2 Å². The molecule has 1 aromatic carbocycles. The van der Waals surface area contributed by atoms with E-state index in [1.54, 1.807) is 46.3 Å². The minimum atomic E-state index is -1.03. The number of aromatic nitrogens is 5. The van der Waals surface area contributed by atoms with Crippen molar-refractivity contribution in [2.45, 2.75) is 56.5 Å². The van der Waals surface area contributed by atoms with E-state index in [1.165, 1.54) is 18.5 Å². The predicted octanol–water partition coefficient (Wildman–Crippen LogP) is 4.05. The molecule has 2 aliphatic heterocycles. The number of imide groups is 2. The Hall–Kier alpha value is -7.08. The second-order valence-corrected chi connectivity index (χ2v) is 16.3. The van der Waals surface area contributed by atoms with E-state index in [4.69, 9.17) is 19.2 Å². The van der Waals surface area contributed by atoms with Crippen LogP contribution in [0.1, 0.15) is 75.7 Å². The molecule has 1 saturated heterocycles. The van der Waals surface area contributed by atoms with Gasteiger partial charge in [0.1, 0.15) is 23.7 Å². The quantitative estimate of drug-likeness (QED) is 0.0420. The van der Waals surface area contributed by atoms with Crippen LogP contribution in [0.5, 0.6) is 0 Å².